The first-order chi connectivity index (χ1) is 7.95. The van der Waals surface area contributed by atoms with Crippen LogP contribution in [-0.2, 0) is 0 Å². The van der Waals surface area contributed by atoms with E-state index in [1.165, 1.54) is 16.7 Å². The Balaban J connectivity index is 2.75. The Labute approximate surface area is 105 Å². The van der Waals surface area contributed by atoms with Crippen LogP contribution in [-0.4, -0.2) is 17.8 Å². The average Bonchev–Trinajstić information content (AvgIpc) is 2.28. The standard InChI is InChI=1S/C15H25NO/c1-10(2)15(9-17)16-13(5)14-7-6-11(3)12(4)8-14/h6-8,10,13,15-17H,9H2,1-5H3/t13?,15-/m1/s1. The molecule has 2 N–H and O–H groups in total. The van der Waals surface area contributed by atoms with Crippen LogP contribution in [0.25, 0.3) is 0 Å². The molecule has 2 atom stereocenters. The zero-order chi connectivity index (χ0) is 13.0. The Morgan fingerprint density at radius 3 is 2.24 bits per heavy atom. The Morgan fingerprint density at radius 1 is 1.12 bits per heavy atom. The quantitative estimate of drug-likeness (QED) is 0.822. The molecule has 0 aliphatic heterocycles. The number of hydrogen-bond donors (Lipinski definition) is 2. The van der Waals surface area contributed by atoms with E-state index in [2.05, 4.69) is 58.1 Å². The van der Waals surface area contributed by atoms with Crippen LogP contribution in [0.5, 0.6) is 0 Å². The second-order valence-electron chi connectivity index (χ2n) is 5.27. The lowest BCUT2D eigenvalue weighted by molar-refractivity contribution is 0.201. The van der Waals surface area contributed by atoms with E-state index >= 15 is 0 Å². The number of hydrogen-bond acceptors (Lipinski definition) is 2. The van der Waals surface area contributed by atoms with Gasteiger partial charge in [0.1, 0.15) is 0 Å². The Hall–Kier alpha value is -0.860. The average molecular weight is 235 g/mol. The SMILES string of the molecule is Cc1ccc(C(C)N[C@H](CO)C(C)C)cc1C. The Kier molecular flexibility index (Phi) is 5.16. The third kappa shape index (κ3) is 3.83. The number of benzene rings is 1. The van der Waals surface area contributed by atoms with E-state index in [1.807, 2.05) is 0 Å². The van der Waals surface area contributed by atoms with E-state index in [0.29, 0.717) is 5.92 Å². The summed E-state index contributed by atoms with van der Waals surface area (Å²) in [5, 5.41) is 12.8. The van der Waals surface area contributed by atoms with E-state index in [4.69, 9.17) is 0 Å². The first kappa shape index (κ1) is 14.2. The Morgan fingerprint density at radius 2 is 1.76 bits per heavy atom. The van der Waals surface area contributed by atoms with Gasteiger partial charge < -0.3 is 10.4 Å². The van der Waals surface area contributed by atoms with Crippen LogP contribution in [0.3, 0.4) is 0 Å². The highest BCUT2D eigenvalue weighted by atomic mass is 16.3. The molecule has 1 rings (SSSR count). The molecule has 1 aromatic carbocycles. The van der Waals surface area contributed by atoms with Gasteiger partial charge in [-0.1, -0.05) is 32.0 Å². The summed E-state index contributed by atoms with van der Waals surface area (Å²) >= 11 is 0. The fourth-order valence-electron chi connectivity index (χ4n) is 1.91. The van der Waals surface area contributed by atoms with Crippen molar-refractivity contribution in [3.8, 4) is 0 Å². The predicted octanol–water partition coefficient (Wildman–Crippen LogP) is 2.97. The van der Waals surface area contributed by atoms with E-state index in [-0.39, 0.29) is 18.7 Å². The van der Waals surface area contributed by atoms with Gasteiger partial charge in [0, 0.05) is 12.1 Å². The summed E-state index contributed by atoms with van der Waals surface area (Å²) in [4.78, 5) is 0. The normalized spacial score (nSPS) is 15.0. The minimum Gasteiger partial charge on any atom is -0.395 e. The molecule has 1 unspecified atom stereocenters. The second-order valence-corrected chi connectivity index (χ2v) is 5.27. The third-order valence-electron chi connectivity index (χ3n) is 3.50. The van der Waals surface area contributed by atoms with Crippen LogP contribution < -0.4 is 5.32 Å². The van der Waals surface area contributed by atoms with Crippen LogP contribution in [0.4, 0.5) is 0 Å². The predicted molar refractivity (Wildman–Crippen MR) is 73.2 cm³/mol. The van der Waals surface area contributed by atoms with Gasteiger partial charge >= 0.3 is 0 Å². The van der Waals surface area contributed by atoms with Crippen LogP contribution in [0.2, 0.25) is 0 Å². The van der Waals surface area contributed by atoms with Gasteiger partial charge in [-0.2, -0.15) is 0 Å². The molecule has 96 valence electrons. The van der Waals surface area contributed by atoms with Crippen molar-refractivity contribution < 1.29 is 5.11 Å². The molecule has 0 heterocycles. The van der Waals surface area contributed by atoms with E-state index in [1.54, 1.807) is 0 Å². The molecular formula is C15H25NO. The number of rotatable bonds is 5. The lowest BCUT2D eigenvalue weighted by Crippen LogP contribution is -2.38. The summed E-state index contributed by atoms with van der Waals surface area (Å²) in [5.41, 5.74) is 3.93. The Bertz CT molecular complexity index is 360. The summed E-state index contributed by atoms with van der Waals surface area (Å²) in [5.74, 6) is 0.439. The number of nitrogens with one attached hydrogen (secondary N) is 1. The summed E-state index contributed by atoms with van der Waals surface area (Å²) in [6.45, 7) is 10.9. The van der Waals surface area contributed by atoms with Gasteiger partial charge in [-0.15, -0.1) is 0 Å². The van der Waals surface area contributed by atoms with Crippen LogP contribution in [0.1, 0.15) is 43.5 Å². The van der Waals surface area contributed by atoms with Gasteiger partial charge in [0.2, 0.25) is 0 Å². The van der Waals surface area contributed by atoms with Crippen molar-refractivity contribution in [3.63, 3.8) is 0 Å². The van der Waals surface area contributed by atoms with Gasteiger partial charge in [-0.3, -0.25) is 0 Å². The molecule has 0 saturated carbocycles. The lowest BCUT2D eigenvalue weighted by Gasteiger charge is -2.25. The third-order valence-corrected chi connectivity index (χ3v) is 3.50. The molecule has 17 heavy (non-hydrogen) atoms. The smallest absolute Gasteiger partial charge is 0.0587 e. The van der Waals surface area contributed by atoms with Gasteiger partial charge in [0.05, 0.1) is 6.61 Å². The molecule has 0 aliphatic rings. The van der Waals surface area contributed by atoms with Crippen molar-refractivity contribution in [1.29, 1.82) is 0 Å². The molecule has 2 nitrogen and oxygen atoms in total. The summed E-state index contributed by atoms with van der Waals surface area (Å²) in [6, 6.07) is 6.98. The second kappa shape index (κ2) is 6.18. The minimum atomic E-state index is 0.159. The highest BCUT2D eigenvalue weighted by Crippen LogP contribution is 2.18. The summed E-state index contributed by atoms with van der Waals surface area (Å²) in [7, 11) is 0. The number of aliphatic hydroxyl groups is 1. The van der Waals surface area contributed by atoms with Crippen LogP contribution in [0, 0.1) is 19.8 Å². The zero-order valence-electron chi connectivity index (χ0n) is 11.6. The monoisotopic (exact) mass is 235 g/mol. The molecule has 0 spiro atoms. The van der Waals surface area contributed by atoms with E-state index in [9.17, 15) is 5.11 Å². The highest BCUT2D eigenvalue weighted by molar-refractivity contribution is 5.31. The van der Waals surface area contributed by atoms with Crippen molar-refractivity contribution >= 4 is 0 Å². The van der Waals surface area contributed by atoms with Crippen molar-refractivity contribution in [1.82, 2.24) is 5.32 Å². The largest absolute Gasteiger partial charge is 0.395 e. The molecule has 0 aromatic heterocycles. The van der Waals surface area contributed by atoms with E-state index in [0.717, 1.165) is 0 Å². The van der Waals surface area contributed by atoms with Crippen molar-refractivity contribution in [2.24, 2.45) is 5.92 Å². The van der Waals surface area contributed by atoms with Gasteiger partial charge in [0.25, 0.3) is 0 Å². The maximum atomic E-state index is 9.33. The van der Waals surface area contributed by atoms with Crippen LogP contribution in [0.15, 0.2) is 18.2 Å². The maximum Gasteiger partial charge on any atom is 0.0587 e. The fourth-order valence-corrected chi connectivity index (χ4v) is 1.91. The molecule has 0 radical (unpaired) electrons. The van der Waals surface area contributed by atoms with Crippen molar-refractivity contribution in [2.75, 3.05) is 6.61 Å². The van der Waals surface area contributed by atoms with E-state index < -0.39 is 0 Å². The number of aliphatic hydroxyl groups excluding tert-OH is 1. The zero-order valence-corrected chi connectivity index (χ0v) is 11.6. The molecule has 0 saturated heterocycles. The van der Waals surface area contributed by atoms with Crippen LogP contribution >= 0.6 is 0 Å². The topological polar surface area (TPSA) is 32.3 Å². The minimum absolute atomic E-state index is 0.159. The first-order valence-corrected chi connectivity index (χ1v) is 6.39. The van der Waals surface area contributed by atoms with Gasteiger partial charge in [0.15, 0.2) is 0 Å². The van der Waals surface area contributed by atoms with Gasteiger partial charge in [-0.05, 0) is 43.4 Å². The van der Waals surface area contributed by atoms with Crippen molar-refractivity contribution in [3.05, 3.63) is 34.9 Å². The van der Waals surface area contributed by atoms with Gasteiger partial charge in [-0.25, -0.2) is 0 Å². The lowest BCUT2D eigenvalue weighted by atomic mass is 9.99. The number of aryl methyl sites for hydroxylation is 2. The molecular weight excluding hydrogens is 210 g/mol. The molecule has 0 amide bonds. The summed E-state index contributed by atoms with van der Waals surface area (Å²) in [6.07, 6.45) is 0. The summed E-state index contributed by atoms with van der Waals surface area (Å²) < 4.78 is 0. The molecule has 1 aromatic rings. The fraction of sp³-hybridized carbons (Fsp3) is 0.600. The first-order valence-electron chi connectivity index (χ1n) is 6.39. The van der Waals surface area contributed by atoms with Crippen molar-refractivity contribution in [2.45, 2.75) is 46.7 Å². The maximum absolute atomic E-state index is 9.33. The molecule has 0 fully saturated rings. The molecule has 0 bridgehead atoms. The molecule has 0 aliphatic carbocycles. The highest BCUT2D eigenvalue weighted by Gasteiger charge is 2.15. The molecule has 2 heteroatoms.